The number of rotatable bonds is 4. The number of ether oxygens (including phenoxy) is 1. The minimum absolute atomic E-state index is 0.0714. The fraction of sp³-hybridized carbons (Fsp3) is 0.353. The highest BCUT2D eigenvalue weighted by atomic mass is 19.4. The number of nitrogen functional groups attached to an aromatic ring is 1. The molecule has 0 radical (unpaired) electrons. The predicted molar refractivity (Wildman–Crippen MR) is 83.4 cm³/mol. The summed E-state index contributed by atoms with van der Waals surface area (Å²) in [6.07, 6.45) is -2.77. The van der Waals surface area contributed by atoms with Crippen molar-refractivity contribution < 1.29 is 17.9 Å². The van der Waals surface area contributed by atoms with Crippen LogP contribution in [0.1, 0.15) is 30.0 Å². The molecule has 128 valence electrons. The third-order valence-electron chi connectivity index (χ3n) is 4.19. The van der Waals surface area contributed by atoms with Gasteiger partial charge in [-0.1, -0.05) is 30.3 Å². The van der Waals surface area contributed by atoms with Crippen LogP contribution in [0.2, 0.25) is 0 Å². The second-order valence-electron chi connectivity index (χ2n) is 5.94. The number of hydrogen-bond donors (Lipinski definition) is 1. The molecule has 2 aromatic rings. The molecule has 1 heterocycles. The van der Waals surface area contributed by atoms with E-state index in [2.05, 4.69) is 0 Å². The van der Waals surface area contributed by atoms with Gasteiger partial charge in [0, 0.05) is 12.2 Å². The Hall–Kier alpha value is -2.28. The van der Waals surface area contributed by atoms with E-state index in [0.717, 1.165) is 16.3 Å². The number of aromatic nitrogens is 1. The maximum absolute atomic E-state index is 12.9. The standard InChI is InChI=1S/C17H17F3N2O2/c18-17(19,20)12-6-15(21)16(23)22(9-12)13-7-14(8-13)24-10-11-4-2-1-3-5-11/h1-6,9,13-14H,7-8,10,21H2/t13-,14+. The minimum Gasteiger partial charge on any atom is -0.394 e. The number of pyridine rings is 1. The molecule has 0 amide bonds. The Bertz CT molecular complexity index is 766. The molecule has 0 spiro atoms. The molecule has 7 heteroatoms. The van der Waals surface area contributed by atoms with Crippen LogP contribution in [0.5, 0.6) is 0 Å². The second-order valence-corrected chi connectivity index (χ2v) is 5.94. The first kappa shape index (κ1) is 16.6. The first-order chi connectivity index (χ1) is 11.3. The summed E-state index contributed by atoms with van der Waals surface area (Å²) in [7, 11) is 0. The summed E-state index contributed by atoms with van der Waals surface area (Å²) in [5, 5.41) is 0. The molecule has 3 rings (SSSR count). The molecule has 0 saturated heterocycles. The Labute approximate surface area is 136 Å². The lowest BCUT2D eigenvalue weighted by Gasteiger charge is -2.36. The summed E-state index contributed by atoms with van der Waals surface area (Å²) < 4.78 is 45.4. The molecule has 0 bridgehead atoms. The quantitative estimate of drug-likeness (QED) is 0.930. The van der Waals surface area contributed by atoms with Crippen molar-refractivity contribution in [2.45, 2.75) is 37.8 Å². The summed E-state index contributed by atoms with van der Waals surface area (Å²) in [5.74, 6) is 0. The monoisotopic (exact) mass is 338 g/mol. The maximum Gasteiger partial charge on any atom is 0.417 e. The zero-order chi connectivity index (χ0) is 17.3. The van der Waals surface area contributed by atoms with Gasteiger partial charge in [-0.3, -0.25) is 4.79 Å². The van der Waals surface area contributed by atoms with E-state index in [0.29, 0.717) is 25.5 Å². The molecular formula is C17H17F3N2O2. The van der Waals surface area contributed by atoms with Gasteiger partial charge >= 0.3 is 6.18 Å². The van der Waals surface area contributed by atoms with Crippen molar-refractivity contribution in [3.05, 3.63) is 64.1 Å². The predicted octanol–water partition coefficient (Wildman–Crippen LogP) is 3.37. The smallest absolute Gasteiger partial charge is 0.394 e. The fourth-order valence-electron chi connectivity index (χ4n) is 2.74. The molecule has 1 fully saturated rings. The van der Waals surface area contributed by atoms with Gasteiger partial charge < -0.3 is 15.0 Å². The van der Waals surface area contributed by atoms with Crippen LogP contribution in [0.15, 0.2) is 47.4 Å². The van der Waals surface area contributed by atoms with Gasteiger partial charge in [0.05, 0.1) is 24.0 Å². The van der Waals surface area contributed by atoms with Gasteiger partial charge in [-0.05, 0) is 24.5 Å². The fourth-order valence-corrected chi connectivity index (χ4v) is 2.74. The highest BCUT2D eigenvalue weighted by molar-refractivity contribution is 5.39. The summed E-state index contributed by atoms with van der Waals surface area (Å²) in [6.45, 7) is 0.442. The molecule has 2 N–H and O–H groups in total. The van der Waals surface area contributed by atoms with E-state index < -0.39 is 23.0 Å². The number of anilines is 1. The van der Waals surface area contributed by atoms with E-state index in [1.54, 1.807) is 0 Å². The third kappa shape index (κ3) is 3.46. The van der Waals surface area contributed by atoms with Crippen molar-refractivity contribution in [2.24, 2.45) is 0 Å². The maximum atomic E-state index is 12.9. The lowest BCUT2D eigenvalue weighted by Crippen LogP contribution is -2.39. The van der Waals surface area contributed by atoms with Gasteiger partial charge in [-0.2, -0.15) is 13.2 Å². The van der Waals surface area contributed by atoms with E-state index in [-0.39, 0.29) is 12.1 Å². The summed E-state index contributed by atoms with van der Waals surface area (Å²) in [6, 6.07) is 9.97. The molecule has 1 aromatic carbocycles. The van der Waals surface area contributed by atoms with Gasteiger partial charge in [0.1, 0.15) is 0 Å². The van der Waals surface area contributed by atoms with E-state index in [1.165, 1.54) is 0 Å². The Morgan fingerprint density at radius 2 is 1.88 bits per heavy atom. The first-order valence-corrected chi connectivity index (χ1v) is 7.59. The van der Waals surface area contributed by atoms with Crippen molar-refractivity contribution in [2.75, 3.05) is 5.73 Å². The van der Waals surface area contributed by atoms with Crippen molar-refractivity contribution in [1.82, 2.24) is 4.57 Å². The molecule has 0 aliphatic heterocycles. The Morgan fingerprint density at radius 3 is 2.50 bits per heavy atom. The number of benzene rings is 1. The molecule has 1 saturated carbocycles. The summed E-state index contributed by atoms with van der Waals surface area (Å²) in [4.78, 5) is 12.0. The van der Waals surface area contributed by atoms with Crippen LogP contribution >= 0.6 is 0 Å². The third-order valence-corrected chi connectivity index (χ3v) is 4.19. The van der Waals surface area contributed by atoms with Crippen LogP contribution in [0.25, 0.3) is 0 Å². The van der Waals surface area contributed by atoms with Gasteiger partial charge in [-0.15, -0.1) is 0 Å². The summed E-state index contributed by atoms with van der Waals surface area (Å²) >= 11 is 0. The van der Waals surface area contributed by atoms with E-state index in [9.17, 15) is 18.0 Å². The van der Waals surface area contributed by atoms with Crippen LogP contribution in [0.3, 0.4) is 0 Å². The van der Waals surface area contributed by atoms with Gasteiger partial charge in [0.25, 0.3) is 5.56 Å². The molecule has 1 aliphatic rings. The van der Waals surface area contributed by atoms with Crippen molar-refractivity contribution >= 4 is 5.69 Å². The van der Waals surface area contributed by atoms with Gasteiger partial charge in [0.15, 0.2) is 0 Å². The molecule has 4 nitrogen and oxygen atoms in total. The van der Waals surface area contributed by atoms with Crippen LogP contribution in [-0.4, -0.2) is 10.7 Å². The zero-order valence-electron chi connectivity index (χ0n) is 12.8. The Kier molecular flexibility index (Phi) is 4.36. The van der Waals surface area contributed by atoms with Crippen LogP contribution in [0.4, 0.5) is 18.9 Å². The molecule has 0 unspecified atom stereocenters. The molecule has 0 atom stereocenters. The molecule has 1 aliphatic carbocycles. The average Bonchev–Trinajstić information content (AvgIpc) is 2.49. The lowest BCUT2D eigenvalue weighted by molar-refractivity contribution is -0.138. The topological polar surface area (TPSA) is 57.2 Å². The Morgan fingerprint density at radius 1 is 1.21 bits per heavy atom. The molecular weight excluding hydrogens is 321 g/mol. The van der Waals surface area contributed by atoms with Crippen LogP contribution in [-0.2, 0) is 17.5 Å². The van der Waals surface area contributed by atoms with Crippen LogP contribution in [0, 0.1) is 0 Å². The van der Waals surface area contributed by atoms with Crippen molar-refractivity contribution in [1.29, 1.82) is 0 Å². The lowest BCUT2D eigenvalue weighted by atomic mass is 9.88. The highest BCUT2D eigenvalue weighted by Crippen LogP contribution is 2.36. The number of alkyl halides is 3. The van der Waals surface area contributed by atoms with Crippen LogP contribution < -0.4 is 11.3 Å². The number of nitrogens with two attached hydrogens (primary N) is 1. The minimum atomic E-state index is -4.53. The molecule has 1 aromatic heterocycles. The average molecular weight is 338 g/mol. The van der Waals surface area contributed by atoms with E-state index in [1.807, 2.05) is 30.3 Å². The van der Waals surface area contributed by atoms with Crippen molar-refractivity contribution in [3.63, 3.8) is 0 Å². The Balaban J connectivity index is 1.65. The molecule has 24 heavy (non-hydrogen) atoms. The number of hydrogen-bond acceptors (Lipinski definition) is 3. The SMILES string of the molecule is Nc1cc(C(F)(F)F)cn([C@H]2C[C@@H](OCc3ccccc3)C2)c1=O. The van der Waals surface area contributed by atoms with Crippen molar-refractivity contribution in [3.8, 4) is 0 Å². The van der Waals surface area contributed by atoms with E-state index in [4.69, 9.17) is 10.5 Å². The highest BCUT2D eigenvalue weighted by Gasteiger charge is 2.36. The second kappa shape index (κ2) is 6.32. The van der Waals surface area contributed by atoms with Gasteiger partial charge in [-0.25, -0.2) is 0 Å². The largest absolute Gasteiger partial charge is 0.417 e. The van der Waals surface area contributed by atoms with Gasteiger partial charge in [0.2, 0.25) is 0 Å². The number of halogens is 3. The number of nitrogens with zero attached hydrogens (tertiary/aromatic N) is 1. The van der Waals surface area contributed by atoms with E-state index >= 15 is 0 Å². The summed E-state index contributed by atoms with van der Waals surface area (Å²) in [5.41, 5.74) is 4.58. The zero-order valence-corrected chi connectivity index (χ0v) is 12.8. The first-order valence-electron chi connectivity index (χ1n) is 7.59. The normalized spacial score (nSPS) is 20.6.